The molecule has 0 fully saturated rings. The van der Waals surface area contributed by atoms with Gasteiger partial charge >= 0.3 is 0 Å². The molecule has 0 rings (SSSR count). The molecule has 5 nitrogen and oxygen atoms in total. The maximum atomic E-state index is 11.2. The Kier molecular flexibility index (Phi) is 6.23. The van der Waals surface area contributed by atoms with Gasteiger partial charge in [-0.05, 0) is 6.42 Å². The van der Waals surface area contributed by atoms with Crippen LogP contribution in [-0.2, 0) is 14.8 Å². The Balaban J connectivity index is 4.00. The first-order valence-electron chi connectivity index (χ1n) is 4.15. The summed E-state index contributed by atoms with van der Waals surface area (Å²) in [5, 5.41) is 8.76. The number of hydrogen-bond acceptors (Lipinski definition) is 4. The molecular weight excluding hydrogens is 194 g/mol. The van der Waals surface area contributed by atoms with Crippen LogP contribution in [-0.4, -0.2) is 45.6 Å². The zero-order valence-corrected chi connectivity index (χ0v) is 8.80. The molecule has 0 bridgehead atoms. The van der Waals surface area contributed by atoms with Gasteiger partial charge in [-0.2, -0.15) is 0 Å². The smallest absolute Gasteiger partial charge is 0.214 e. The van der Waals surface area contributed by atoms with Crippen LogP contribution in [0.15, 0.2) is 0 Å². The van der Waals surface area contributed by atoms with E-state index < -0.39 is 10.0 Å². The summed E-state index contributed by atoms with van der Waals surface area (Å²) in [5.41, 5.74) is 0. The van der Waals surface area contributed by atoms with E-state index in [1.807, 2.05) is 0 Å². The molecule has 0 spiro atoms. The number of nitrogens with one attached hydrogen (secondary N) is 1. The summed E-state index contributed by atoms with van der Waals surface area (Å²) in [6, 6.07) is -0.387. The van der Waals surface area contributed by atoms with Crippen LogP contribution in [0.4, 0.5) is 0 Å². The third kappa shape index (κ3) is 5.98. The lowest BCUT2D eigenvalue weighted by molar-refractivity contribution is 0.216. The molecule has 2 N–H and O–H groups in total. The van der Waals surface area contributed by atoms with Crippen LogP contribution in [0.25, 0.3) is 0 Å². The molecule has 0 aliphatic heterocycles. The highest BCUT2D eigenvalue weighted by atomic mass is 32.2. The predicted molar refractivity (Wildman–Crippen MR) is 50.0 cm³/mol. The van der Waals surface area contributed by atoms with Gasteiger partial charge in [0, 0.05) is 13.2 Å². The second-order valence-electron chi connectivity index (χ2n) is 2.72. The van der Waals surface area contributed by atoms with Gasteiger partial charge < -0.3 is 9.84 Å². The number of hydrogen-bond donors (Lipinski definition) is 2. The van der Waals surface area contributed by atoms with Crippen molar-refractivity contribution in [2.24, 2.45) is 0 Å². The van der Waals surface area contributed by atoms with E-state index in [4.69, 9.17) is 5.11 Å². The summed E-state index contributed by atoms with van der Waals surface area (Å²) in [6.45, 7) is 1.79. The van der Waals surface area contributed by atoms with Crippen molar-refractivity contribution in [3.63, 3.8) is 0 Å². The largest absolute Gasteiger partial charge is 0.395 e. The topological polar surface area (TPSA) is 75.6 Å². The van der Waals surface area contributed by atoms with Crippen LogP contribution >= 0.6 is 0 Å². The van der Waals surface area contributed by atoms with Gasteiger partial charge in [0.15, 0.2) is 0 Å². The number of sulfonamides is 1. The van der Waals surface area contributed by atoms with Gasteiger partial charge in [-0.15, -0.1) is 0 Å². The average molecular weight is 211 g/mol. The van der Waals surface area contributed by atoms with E-state index in [1.165, 1.54) is 7.11 Å². The highest BCUT2D eigenvalue weighted by Crippen LogP contribution is 1.94. The molecule has 0 saturated carbocycles. The van der Waals surface area contributed by atoms with Gasteiger partial charge in [-0.1, -0.05) is 6.92 Å². The Bertz CT molecular complexity index is 211. The van der Waals surface area contributed by atoms with Gasteiger partial charge in [0.25, 0.3) is 0 Å². The summed E-state index contributed by atoms with van der Waals surface area (Å²) in [7, 11) is -1.86. The number of methoxy groups -OCH3 is 1. The first-order valence-corrected chi connectivity index (χ1v) is 5.80. The Morgan fingerprint density at radius 1 is 1.54 bits per heavy atom. The molecule has 0 aromatic heterocycles. The molecule has 0 aromatic carbocycles. The van der Waals surface area contributed by atoms with Crippen LogP contribution in [0.1, 0.15) is 13.3 Å². The van der Waals surface area contributed by atoms with Crippen molar-refractivity contribution >= 4 is 10.0 Å². The molecule has 0 unspecified atom stereocenters. The number of rotatable bonds is 7. The third-order valence-electron chi connectivity index (χ3n) is 1.62. The Labute approximate surface area is 79.1 Å². The van der Waals surface area contributed by atoms with Crippen LogP contribution < -0.4 is 4.72 Å². The van der Waals surface area contributed by atoms with Gasteiger partial charge in [-0.3, -0.25) is 0 Å². The monoisotopic (exact) mass is 211 g/mol. The fourth-order valence-electron chi connectivity index (χ4n) is 0.756. The molecular formula is C7H17NO4S. The van der Waals surface area contributed by atoms with E-state index in [0.717, 1.165) is 0 Å². The lowest BCUT2D eigenvalue weighted by atomic mass is 10.3. The van der Waals surface area contributed by atoms with E-state index >= 15 is 0 Å². The highest BCUT2D eigenvalue weighted by Gasteiger charge is 2.14. The first-order chi connectivity index (χ1) is 6.05. The summed E-state index contributed by atoms with van der Waals surface area (Å²) in [4.78, 5) is 0. The fraction of sp³-hybridized carbons (Fsp3) is 1.00. The molecule has 0 amide bonds. The Morgan fingerprint density at radius 3 is 2.54 bits per heavy atom. The van der Waals surface area contributed by atoms with Crippen LogP contribution in [0.5, 0.6) is 0 Å². The standard InChI is InChI=1S/C7H17NO4S/c1-3-7(6-9)8-13(10,11)5-4-12-2/h7-9H,3-6H2,1-2H3/t7-/m0/s1. The molecule has 0 aliphatic rings. The second-order valence-corrected chi connectivity index (χ2v) is 4.59. The third-order valence-corrected chi connectivity index (χ3v) is 3.01. The fourth-order valence-corrected chi connectivity index (χ4v) is 2.01. The van der Waals surface area contributed by atoms with Crippen molar-refractivity contribution in [3.05, 3.63) is 0 Å². The summed E-state index contributed by atoms with van der Waals surface area (Å²) >= 11 is 0. The Hall–Kier alpha value is -0.170. The zero-order chi connectivity index (χ0) is 10.3. The van der Waals surface area contributed by atoms with E-state index in [1.54, 1.807) is 6.92 Å². The van der Waals surface area contributed by atoms with E-state index in [2.05, 4.69) is 9.46 Å². The van der Waals surface area contributed by atoms with Gasteiger partial charge in [-0.25, -0.2) is 13.1 Å². The van der Waals surface area contributed by atoms with Crippen molar-refractivity contribution in [1.29, 1.82) is 0 Å². The maximum Gasteiger partial charge on any atom is 0.214 e. The normalized spacial score (nSPS) is 14.4. The Morgan fingerprint density at radius 2 is 2.15 bits per heavy atom. The van der Waals surface area contributed by atoms with Crippen molar-refractivity contribution in [2.75, 3.05) is 26.1 Å². The van der Waals surface area contributed by atoms with E-state index in [0.29, 0.717) is 6.42 Å². The zero-order valence-electron chi connectivity index (χ0n) is 7.99. The minimum atomic E-state index is -3.30. The number of aliphatic hydroxyl groups excluding tert-OH is 1. The minimum absolute atomic E-state index is 0.0694. The van der Waals surface area contributed by atoms with E-state index in [-0.39, 0.29) is 25.0 Å². The second kappa shape index (κ2) is 6.31. The molecule has 6 heteroatoms. The average Bonchev–Trinajstić information content (AvgIpc) is 2.11. The first kappa shape index (κ1) is 12.8. The van der Waals surface area contributed by atoms with Crippen molar-refractivity contribution in [1.82, 2.24) is 4.72 Å². The molecule has 13 heavy (non-hydrogen) atoms. The van der Waals surface area contributed by atoms with Gasteiger partial charge in [0.05, 0.1) is 19.0 Å². The van der Waals surface area contributed by atoms with Gasteiger partial charge in [0.2, 0.25) is 10.0 Å². The van der Waals surface area contributed by atoms with Crippen molar-refractivity contribution in [2.45, 2.75) is 19.4 Å². The lowest BCUT2D eigenvalue weighted by Gasteiger charge is -2.13. The summed E-state index contributed by atoms with van der Waals surface area (Å²) in [5.74, 6) is -0.0694. The van der Waals surface area contributed by atoms with Crippen molar-refractivity contribution < 1.29 is 18.3 Å². The van der Waals surface area contributed by atoms with Crippen LogP contribution in [0, 0.1) is 0 Å². The van der Waals surface area contributed by atoms with Crippen LogP contribution in [0.3, 0.4) is 0 Å². The minimum Gasteiger partial charge on any atom is -0.395 e. The molecule has 0 aromatic rings. The molecule has 1 atom stereocenters. The molecule has 0 radical (unpaired) electrons. The molecule has 80 valence electrons. The molecule has 0 heterocycles. The quantitative estimate of drug-likeness (QED) is 0.585. The molecule has 0 aliphatic carbocycles. The van der Waals surface area contributed by atoms with E-state index in [9.17, 15) is 8.42 Å². The highest BCUT2D eigenvalue weighted by molar-refractivity contribution is 7.89. The molecule has 0 saturated heterocycles. The number of ether oxygens (including phenoxy) is 1. The van der Waals surface area contributed by atoms with Crippen LogP contribution in [0.2, 0.25) is 0 Å². The summed E-state index contributed by atoms with van der Waals surface area (Å²) in [6.07, 6.45) is 0.572. The maximum absolute atomic E-state index is 11.2. The SMILES string of the molecule is CC[C@@H](CO)NS(=O)(=O)CCOC. The number of aliphatic hydroxyl groups is 1. The van der Waals surface area contributed by atoms with Crippen molar-refractivity contribution in [3.8, 4) is 0 Å². The predicted octanol–water partition coefficient (Wildman–Crippen LogP) is -0.677. The van der Waals surface area contributed by atoms with Gasteiger partial charge in [0.1, 0.15) is 0 Å². The lowest BCUT2D eigenvalue weighted by Crippen LogP contribution is -2.39. The summed E-state index contributed by atoms with van der Waals surface area (Å²) < 4.78 is 29.4.